The van der Waals surface area contributed by atoms with E-state index in [1.807, 2.05) is 6.92 Å². The number of morpholine rings is 1. The van der Waals surface area contributed by atoms with Crippen molar-refractivity contribution in [3.8, 4) is 0 Å². The van der Waals surface area contributed by atoms with Crippen molar-refractivity contribution < 1.29 is 14.3 Å². The van der Waals surface area contributed by atoms with Gasteiger partial charge < -0.3 is 15.4 Å². The predicted octanol–water partition coefficient (Wildman–Crippen LogP) is -0.891. The van der Waals surface area contributed by atoms with Crippen LogP contribution in [-0.4, -0.2) is 42.5 Å². The minimum absolute atomic E-state index is 0.00130. The summed E-state index contributed by atoms with van der Waals surface area (Å²) in [4.78, 5) is 23.5. The number of carbonyl (C=O) groups is 2. The van der Waals surface area contributed by atoms with Crippen LogP contribution in [0.1, 0.15) is 13.3 Å². The molecule has 0 aliphatic carbocycles. The summed E-state index contributed by atoms with van der Waals surface area (Å²) in [5, 5.41) is 0. The number of nitrogens with two attached hydrogens (primary N) is 1. The Balaban J connectivity index is 2.54. The maximum atomic E-state index is 11.5. The number of amides is 2. The van der Waals surface area contributed by atoms with Crippen LogP contribution in [0, 0.1) is 0 Å². The van der Waals surface area contributed by atoms with Gasteiger partial charge in [0.1, 0.15) is 6.10 Å². The van der Waals surface area contributed by atoms with E-state index in [1.165, 1.54) is 4.90 Å². The lowest BCUT2D eigenvalue weighted by Gasteiger charge is -2.30. The first-order chi connectivity index (χ1) is 6.15. The van der Waals surface area contributed by atoms with E-state index in [2.05, 4.69) is 0 Å². The largest absolute Gasteiger partial charge is 0.368 e. The topological polar surface area (TPSA) is 72.6 Å². The highest BCUT2D eigenvalue weighted by Gasteiger charge is 2.28. The molecule has 0 aromatic heterocycles. The average Bonchev–Trinajstić information content (AvgIpc) is 2.08. The Hall–Kier alpha value is -1.10. The number of hydrogen-bond acceptors (Lipinski definition) is 3. The van der Waals surface area contributed by atoms with Crippen LogP contribution in [0.4, 0.5) is 0 Å². The molecule has 1 rings (SSSR count). The fourth-order valence-electron chi connectivity index (χ4n) is 1.33. The van der Waals surface area contributed by atoms with Crippen LogP contribution < -0.4 is 5.73 Å². The molecule has 5 heteroatoms. The molecule has 1 saturated heterocycles. The molecular formula is C8H14N2O3. The molecule has 0 bridgehead atoms. The van der Waals surface area contributed by atoms with Crippen LogP contribution in [0.5, 0.6) is 0 Å². The van der Waals surface area contributed by atoms with E-state index in [0.29, 0.717) is 19.6 Å². The highest BCUT2D eigenvalue weighted by Crippen LogP contribution is 2.09. The quantitative estimate of drug-likeness (QED) is 0.621. The molecular weight excluding hydrogens is 172 g/mol. The Bertz CT molecular complexity index is 217. The minimum atomic E-state index is -0.481. The van der Waals surface area contributed by atoms with E-state index < -0.39 is 12.0 Å². The molecule has 1 fully saturated rings. The van der Waals surface area contributed by atoms with Crippen molar-refractivity contribution >= 4 is 11.8 Å². The monoisotopic (exact) mass is 186 g/mol. The smallest absolute Gasteiger partial charge is 0.252 e. The Labute approximate surface area is 76.8 Å². The lowest BCUT2D eigenvalue weighted by atomic mass is 10.2. The molecule has 1 aliphatic heterocycles. The van der Waals surface area contributed by atoms with Gasteiger partial charge in [-0.3, -0.25) is 9.59 Å². The van der Waals surface area contributed by atoms with E-state index in [4.69, 9.17) is 10.5 Å². The highest BCUT2D eigenvalue weighted by molar-refractivity contribution is 5.86. The summed E-state index contributed by atoms with van der Waals surface area (Å²) in [6.07, 6.45) is 0.238. The molecule has 5 nitrogen and oxygen atoms in total. The molecule has 2 N–H and O–H groups in total. The van der Waals surface area contributed by atoms with Gasteiger partial charge in [-0.05, 0) is 6.42 Å². The molecule has 0 radical (unpaired) electrons. The van der Waals surface area contributed by atoms with E-state index in [1.54, 1.807) is 0 Å². The summed E-state index contributed by atoms with van der Waals surface area (Å²) >= 11 is 0. The predicted molar refractivity (Wildman–Crippen MR) is 45.8 cm³/mol. The summed E-state index contributed by atoms with van der Waals surface area (Å²) in [5.74, 6) is -0.613. The Morgan fingerprint density at radius 2 is 2.46 bits per heavy atom. The van der Waals surface area contributed by atoms with E-state index in [0.717, 1.165) is 0 Å². The number of rotatable bonds is 3. The SMILES string of the molecule is CCC1OCCN(CC(N)=O)C1=O. The Kier molecular flexibility index (Phi) is 3.25. The number of primary amides is 1. The lowest BCUT2D eigenvalue weighted by Crippen LogP contribution is -2.50. The fourth-order valence-corrected chi connectivity index (χ4v) is 1.33. The van der Waals surface area contributed by atoms with Crippen molar-refractivity contribution in [2.24, 2.45) is 5.73 Å². The summed E-state index contributed by atoms with van der Waals surface area (Å²) in [6, 6.07) is 0. The van der Waals surface area contributed by atoms with E-state index in [9.17, 15) is 9.59 Å². The average molecular weight is 186 g/mol. The van der Waals surface area contributed by atoms with Crippen LogP contribution in [0.15, 0.2) is 0 Å². The van der Waals surface area contributed by atoms with Gasteiger partial charge in [0, 0.05) is 6.54 Å². The summed E-state index contributed by atoms with van der Waals surface area (Å²) in [5.41, 5.74) is 5.00. The van der Waals surface area contributed by atoms with E-state index in [-0.39, 0.29) is 12.5 Å². The number of carbonyl (C=O) groups excluding carboxylic acids is 2. The third kappa shape index (κ3) is 2.42. The molecule has 74 valence electrons. The van der Waals surface area contributed by atoms with Crippen molar-refractivity contribution in [3.05, 3.63) is 0 Å². The van der Waals surface area contributed by atoms with Gasteiger partial charge in [-0.2, -0.15) is 0 Å². The molecule has 0 aromatic rings. The number of nitrogens with zero attached hydrogens (tertiary/aromatic N) is 1. The zero-order chi connectivity index (χ0) is 9.84. The standard InChI is InChI=1S/C8H14N2O3/c1-2-6-8(12)10(3-4-13-6)5-7(9)11/h6H,2-5H2,1H3,(H2,9,11). The molecule has 1 unspecified atom stereocenters. The van der Waals surface area contributed by atoms with Gasteiger partial charge in [-0.25, -0.2) is 0 Å². The van der Waals surface area contributed by atoms with Crippen LogP contribution in [-0.2, 0) is 14.3 Å². The summed E-state index contributed by atoms with van der Waals surface area (Å²) in [6.45, 7) is 2.81. The molecule has 0 saturated carbocycles. The summed E-state index contributed by atoms with van der Waals surface area (Å²) in [7, 11) is 0. The Morgan fingerprint density at radius 3 is 3.00 bits per heavy atom. The van der Waals surface area contributed by atoms with Crippen LogP contribution in [0.25, 0.3) is 0 Å². The molecule has 1 aliphatic rings. The molecule has 13 heavy (non-hydrogen) atoms. The van der Waals surface area contributed by atoms with Gasteiger partial charge in [0.25, 0.3) is 5.91 Å². The minimum Gasteiger partial charge on any atom is -0.368 e. The van der Waals surface area contributed by atoms with Crippen LogP contribution in [0.3, 0.4) is 0 Å². The van der Waals surface area contributed by atoms with Gasteiger partial charge in [0.2, 0.25) is 5.91 Å². The lowest BCUT2D eigenvalue weighted by molar-refractivity contribution is -0.154. The third-order valence-corrected chi connectivity index (χ3v) is 1.98. The molecule has 1 atom stereocenters. The summed E-state index contributed by atoms with van der Waals surface area (Å²) < 4.78 is 5.21. The highest BCUT2D eigenvalue weighted by atomic mass is 16.5. The molecule has 2 amide bonds. The molecule has 1 heterocycles. The van der Waals surface area contributed by atoms with Crippen LogP contribution in [0.2, 0.25) is 0 Å². The van der Waals surface area contributed by atoms with Gasteiger partial charge in [0.15, 0.2) is 0 Å². The zero-order valence-corrected chi connectivity index (χ0v) is 7.66. The molecule has 0 aromatic carbocycles. The van der Waals surface area contributed by atoms with E-state index >= 15 is 0 Å². The van der Waals surface area contributed by atoms with Crippen molar-refractivity contribution in [3.63, 3.8) is 0 Å². The zero-order valence-electron chi connectivity index (χ0n) is 7.66. The third-order valence-electron chi connectivity index (χ3n) is 1.98. The second kappa shape index (κ2) is 4.23. The van der Waals surface area contributed by atoms with Crippen molar-refractivity contribution in [1.29, 1.82) is 0 Å². The van der Waals surface area contributed by atoms with Gasteiger partial charge in [-0.1, -0.05) is 6.92 Å². The first-order valence-electron chi connectivity index (χ1n) is 4.33. The second-order valence-electron chi connectivity index (χ2n) is 2.99. The fraction of sp³-hybridized carbons (Fsp3) is 0.750. The van der Waals surface area contributed by atoms with Gasteiger partial charge in [0.05, 0.1) is 13.2 Å². The van der Waals surface area contributed by atoms with Gasteiger partial charge >= 0.3 is 0 Å². The molecule has 0 spiro atoms. The first-order valence-corrected chi connectivity index (χ1v) is 4.33. The van der Waals surface area contributed by atoms with Crippen molar-refractivity contribution in [1.82, 2.24) is 4.90 Å². The first kappa shape index (κ1) is 9.98. The normalized spacial score (nSPS) is 23.3. The number of hydrogen-bond donors (Lipinski definition) is 1. The van der Waals surface area contributed by atoms with Crippen molar-refractivity contribution in [2.45, 2.75) is 19.4 Å². The van der Waals surface area contributed by atoms with Crippen molar-refractivity contribution in [2.75, 3.05) is 19.7 Å². The maximum absolute atomic E-state index is 11.5. The second-order valence-corrected chi connectivity index (χ2v) is 2.99. The van der Waals surface area contributed by atoms with Gasteiger partial charge in [-0.15, -0.1) is 0 Å². The maximum Gasteiger partial charge on any atom is 0.252 e. The Morgan fingerprint density at radius 1 is 1.77 bits per heavy atom. The van der Waals surface area contributed by atoms with Crippen LogP contribution >= 0.6 is 0 Å². The number of ether oxygens (including phenoxy) is 1.